The summed E-state index contributed by atoms with van der Waals surface area (Å²) in [6.45, 7) is 2.14. The van der Waals surface area contributed by atoms with Crippen LogP contribution in [0.25, 0.3) is 6.08 Å². The van der Waals surface area contributed by atoms with Crippen LogP contribution in [-0.2, 0) is 9.59 Å². The third-order valence-electron chi connectivity index (χ3n) is 3.32. The van der Waals surface area contributed by atoms with E-state index in [1.807, 2.05) is 0 Å². The Hall–Kier alpha value is -2.50. The lowest BCUT2D eigenvalue weighted by Gasteiger charge is -2.09. The molecule has 0 radical (unpaired) electrons. The summed E-state index contributed by atoms with van der Waals surface area (Å²) in [7, 11) is 3.01. The van der Waals surface area contributed by atoms with E-state index in [9.17, 15) is 19.8 Å². The number of para-hydroxylation sites is 1. The topological polar surface area (TPSA) is 98.7 Å². The Kier molecular flexibility index (Phi) is 12.5. The second-order valence-corrected chi connectivity index (χ2v) is 5.27. The largest absolute Gasteiger partial charge is 0.550 e. The lowest BCUT2D eigenvalue weighted by atomic mass is 10.1. The molecule has 0 aromatic heterocycles. The van der Waals surface area contributed by atoms with Gasteiger partial charge in [-0.3, -0.25) is 0 Å². The van der Waals surface area contributed by atoms with E-state index in [2.05, 4.69) is 6.92 Å². The van der Waals surface area contributed by atoms with Crippen LogP contribution in [0.2, 0.25) is 0 Å². The summed E-state index contributed by atoms with van der Waals surface area (Å²) >= 11 is 0. The van der Waals surface area contributed by atoms with E-state index >= 15 is 0 Å². The number of benzene rings is 1. The van der Waals surface area contributed by atoms with Gasteiger partial charge in [0.2, 0.25) is 0 Å². The first kappa shape index (κ1) is 22.5. The number of hydrogen-bond donors (Lipinski definition) is 0. The minimum absolute atomic E-state index is 0.226. The third-order valence-corrected chi connectivity index (χ3v) is 3.32. The zero-order valence-electron chi connectivity index (χ0n) is 15.1. The number of rotatable bonds is 10. The van der Waals surface area contributed by atoms with Crippen molar-refractivity contribution in [3.63, 3.8) is 0 Å². The second-order valence-electron chi connectivity index (χ2n) is 5.27. The number of carboxylic acids is 2. The van der Waals surface area contributed by atoms with Crippen LogP contribution < -0.4 is 19.7 Å². The number of hydrogen-bond acceptors (Lipinski definition) is 6. The van der Waals surface area contributed by atoms with E-state index in [0.717, 1.165) is 25.3 Å². The normalized spacial score (nSPS) is 10.0. The summed E-state index contributed by atoms with van der Waals surface area (Å²) in [6, 6.07) is 5.20. The van der Waals surface area contributed by atoms with Gasteiger partial charge in [0.15, 0.2) is 11.5 Å². The number of carbonyl (C=O) groups is 2. The van der Waals surface area contributed by atoms with Gasteiger partial charge >= 0.3 is 0 Å². The van der Waals surface area contributed by atoms with E-state index in [1.165, 1.54) is 33.1 Å². The average Bonchev–Trinajstić information content (AvgIpc) is 2.59. The number of carbonyl (C=O) groups excluding carboxylic acids is 2. The molecule has 0 aliphatic heterocycles. The Bertz CT molecular complexity index is 551. The van der Waals surface area contributed by atoms with Gasteiger partial charge in [0, 0.05) is 11.5 Å². The Morgan fingerprint density at radius 1 is 1.04 bits per heavy atom. The standard InChI is InChI=1S/C11H12O4.C8H16O2/c1-14-9-5-3-4-8(11(9)15-2)6-7-10(12)13;1-2-3-4-5-6-7-8(9)10/h3-7H,1-2H3,(H,12,13);2-7H2,1H3,(H,9,10)/p-2/b7-6+;. The lowest BCUT2D eigenvalue weighted by molar-refractivity contribution is -0.306. The van der Waals surface area contributed by atoms with Crippen LogP contribution in [0.3, 0.4) is 0 Å². The Balaban J connectivity index is 0.000000504. The monoisotopic (exact) mass is 350 g/mol. The molecule has 1 aromatic rings. The molecule has 0 amide bonds. The van der Waals surface area contributed by atoms with Gasteiger partial charge in [-0.25, -0.2) is 0 Å². The maximum atomic E-state index is 10.3. The van der Waals surface area contributed by atoms with Gasteiger partial charge in [0.05, 0.1) is 20.2 Å². The zero-order valence-corrected chi connectivity index (χ0v) is 15.1. The van der Waals surface area contributed by atoms with Gasteiger partial charge in [-0.1, -0.05) is 44.7 Å². The van der Waals surface area contributed by atoms with Crippen molar-refractivity contribution in [2.75, 3.05) is 14.2 Å². The summed E-state index contributed by atoms with van der Waals surface area (Å²) < 4.78 is 10.2. The number of ether oxygens (including phenoxy) is 2. The third kappa shape index (κ3) is 10.8. The van der Waals surface area contributed by atoms with Gasteiger partial charge in [-0.05, 0) is 31.1 Å². The van der Waals surface area contributed by atoms with Crippen LogP contribution >= 0.6 is 0 Å². The molecule has 0 N–H and O–H groups in total. The summed E-state index contributed by atoms with van der Waals surface area (Å²) in [4.78, 5) is 20.2. The maximum absolute atomic E-state index is 10.3. The Morgan fingerprint density at radius 3 is 2.24 bits per heavy atom. The number of carboxylic acid groups (broad SMARTS) is 2. The fourth-order valence-electron chi connectivity index (χ4n) is 2.07. The van der Waals surface area contributed by atoms with Crippen molar-refractivity contribution in [3.8, 4) is 11.5 Å². The predicted octanol–water partition coefficient (Wildman–Crippen LogP) is 1.56. The van der Waals surface area contributed by atoms with Crippen molar-refractivity contribution < 1.29 is 29.3 Å². The van der Waals surface area contributed by atoms with Crippen LogP contribution in [0.1, 0.15) is 51.0 Å². The van der Waals surface area contributed by atoms with Gasteiger partial charge in [-0.15, -0.1) is 0 Å². The van der Waals surface area contributed by atoms with Crippen molar-refractivity contribution in [2.45, 2.75) is 45.4 Å². The van der Waals surface area contributed by atoms with Crippen molar-refractivity contribution in [2.24, 2.45) is 0 Å². The SMILES string of the molecule is CCCCCCCC(=O)[O-].COc1cccc(/C=C/C(=O)[O-])c1OC. The molecule has 0 saturated carbocycles. The highest BCUT2D eigenvalue weighted by atomic mass is 16.5. The highest BCUT2D eigenvalue weighted by Gasteiger charge is 2.06. The van der Waals surface area contributed by atoms with Gasteiger partial charge in [-0.2, -0.15) is 0 Å². The van der Waals surface area contributed by atoms with Crippen molar-refractivity contribution in [1.82, 2.24) is 0 Å². The molecule has 0 heterocycles. The van der Waals surface area contributed by atoms with E-state index in [4.69, 9.17) is 9.47 Å². The quantitative estimate of drug-likeness (QED) is 0.469. The molecular formula is C19H26O6-2. The molecule has 0 aliphatic carbocycles. The fourth-order valence-corrected chi connectivity index (χ4v) is 2.07. The number of methoxy groups -OCH3 is 2. The highest BCUT2D eigenvalue weighted by Crippen LogP contribution is 2.31. The molecule has 0 spiro atoms. The second kappa shape index (κ2) is 13.9. The highest BCUT2D eigenvalue weighted by molar-refractivity contribution is 5.84. The molecule has 0 unspecified atom stereocenters. The molecule has 0 atom stereocenters. The lowest BCUT2D eigenvalue weighted by Crippen LogP contribution is -2.21. The molecule has 6 nitrogen and oxygen atoms in total. The van der Waals surface area contributed by atoms with Crippen LogP contribution in [-0.4, -0.2) is 26.2 Å². The zero-order chi connectivity index (χ0) is 19.1. The molecule has 0 bridgehead atoms. The Labute approximate surface area is 149 Å². The predicted molar refractivity (Wildman–Crippen MR) is 92.0 cm³/mol. The average molecular weight is 350 g/mol. The molecule has 6 heteroatoms. The fraction of sp³-hybridized carbons (Fsp3) is 0.474. The van der Waals surface area contributed by atoms with Crippen molar-refractivity contribution in [1.29, 1.82) is 0 Å². The molecule has 1 rings (SSSR count). The Morgan fingerprint density at radius 2 is 1.72 bits per heavy atom. The van der Waals surface area contributed by atoms with Crippen LogP contribution in [0.5, 0.6) is 11.5 Å². The molecule has 0 aliphatic rings. The summed E-state index contributed by atoms with van der Waals surface area (Å²) in [5, 5.41) is 20.2. The number of unbranched alkanes of at least 4 members (excludes halogenated alkanes) is 4. The first-order chi connectivity index (χ1) is 12.0. The molecular weight excluding hydrogens is 324 g/mol. The van der Waals surface area contributed by atoms with E-state index < -0.39 is 11.9 Å². The van der Waals surface area contributed by atoms with Crippen molar-refractivity contribution in [3.05, 3.63) is 29.8 Å². The van der Waals surface area contributed by atoms with Gasteiger partial charge in [0.25, 0.3) is 0 Å². The minimum Gasteiger partial charge on any atom is -0.550 e. The molecule has 0 fully saturated rings. The molecule has 25 heavy (non-hydrogen) atoms. The molecule has 140 valence electrons. The summed E-state index contributed by atoms with van der Waals surface area (Å²) in [6.07, 6.45) is 7.95. The van der Waals surface area contributed by atoms with Crippen LogP contribution in [0, 0.1) is 0 Å². The summed E-state index contributed by atoms with van der Waals surface area (Å²) in [5.74, 6) is -1.12. The minimum atomic E-state index is -1.25. The van der Waals surface area contributed by atoms with E-state index in [0.29, 0.717) is 17.1 Å². The molecule has 1 aromatic carbocycles. The van der Waals surface area contributed by atoms with Gasteiger partial charge < -0.3 is 29.3 Å². The molecule has 0 saturated heterocycles. The first-order valence-electron chi connectivity index (χ1n) is 8.26. The van der Waals surface area contributed by atoms with E-state index in [1.54, 1.807) is 18.2 Å². The smallest absolute Gasteiger partial charge is 0.167 e. The first-order valence-corrected chi connectivity index (χ1v) is 8.26. The number of aliphatic carboxylic acids is 2. The summed E-state index contributed by atoms with van der Waals surface area (Å²) in [5.41, 5.74) is 0.626. The van der Waals surface area contributed by atoms with Crippen LogP contribution in [0.4, 0.5) is 0 Å². The van der Waals surface area contributed by atoms with Crippen LogP contribution in [0.15, 0.2) is 24.3 Å². The maximum Gasteiger partial charge on any atom is 0.167 e. The van der Waals surface area contributed by atoms with Crippen molar-refractivity contribution >= 4 is 18.0 Å². The van der Waals surface area contributed by atoms with E-state index in [-0.39, 0.29) is 6.42 Å². The van der Waals surface area contributed by atoms with Gasteiger partial charge in [0.1, 0.15) is 0 Å².